The molecule has 0 aromatic rings. The van der Waals surface area contributed by atoms with Gasteiger partial charge in [-0.15, -0.1) is 0 Å². The van der Waals surface area contributed by atoms with Crippen molar-refractivity contribution in [3.8, 4) is 0 Å². The Bertz CT molecular complexity index is 202. The van der Waals surface area contributed by atoms with Gasteiger partial charge >= 0.3 is 0 Å². The minimum Gasteiger partial charge on any atom is -0.394 e. The molecule has 0 radical (unpaired) electrons. The summed E-state index contributed by atoms with van der Waals surface area (Å²) in [5.41, 5.74) is 0.125. The summed E-state index contributed by atoms with van der Waals surface area (Å²) in [5, 5.41) is 12.1. The van der Waals surface area contributed by atoms with E-state index in [1.165, 1.54) is 0 Å². The SMILES string of the molecule is CSCCCC(=O)NC(CO)CC(C)(C)C. The number of carbonyl (C=O) groups is 1. The molecule has 0 aromatic carbocycles. The van der Waals surface area contributed by atoms with Gasteiger partial charge in [0.15, 0.2) is 0 Å². The van der Waals surface area contributed by atoms with Crippen LogP contribution in [0.2, 0.25) is 0 Å². The van der Waals surface area contributed by atoms with Crippen molar-refractivity contribution in [3.05, 3.63) is 0 Å². The Balaban J connectivity index is 3.88. The number of thioether (sulfide) groups is 1. The van der Waals surface area contributed by atoms with Crippen molar-refractivity contribution in [1.82, 2.24) is 5.32 Å². The molecule has 0 aliphatic heterocycles. The lowest BCUT2D eigenvalue weighted by Crippen LogP contribution is -2.39. The third-order valence-electron chi connectivity index (χ3n) is 2.20. The van der Waals surface area contributed by atoms with Crippen molar-refractivity contribution < 1.29 is 9.90 Å². The quantitative estimate of drug-likeness (QED) is 0.677. The highest BCUT2D eigenvalue weighted by Gasteiger charge is 2.19. The van der Waals surface area contributed by atoms with E-state index in [9.17, 15) is 9.90 Å². The maximum atomic E-state index is 11.5. The van der Waals surface area contributed by atoms with Crippen LogP contribution in [0.25, 0.3) is 0 Å². The van der Waals surface area contributed by atoms with Crippen LogP contribution in [-0.4, -0.2) is 35.7 Å². The number of hydrogen-bond donors (Lipinski definition) is 2. The first-order valence-corrected chi connectivity index (χ1v) is 7.17. The lowest BCUT2D eigenvalue weighted by molar-refractivity contribution is -0.122. The van der Waals surface area contributed by atoms with Gasteiger partial charge in [0.25, 0.3) is 0 Å². The van der Waals surface area contributed by atoms with E-state index in [4.69, 9.17) is 0 Å². The second-order valence-electron chi connectivity index (χ2n) is 5.31. The fourth-order valence-electron chi connectivity index (χ4n) is 1.58. The van der Waals surface area contributed by atoms with Crippen molar-refractivity contribution in [2.24, 2.45) is 5.41 Å². The highest BCUT2D eigenvalue weighted by Crippen LogP contribution is 2.20. The molecule has 0 spiro atoms. The average Bonchev–Trinajstić information content (AvgIpc) is 2.15. The second kappa shape index (κ2) is 7.96. The van der Waals surface area contributed by atoms with Gasteiger partial charge in [-0.25, -0.2) is 0 Å². The van der Waals surface area contributed by atoms with Crippen molar-refractivity contribution in [1.29, 1.82) is 0 Å². The Morgan fingerprint density at radius 3 is 2.50 bits per heavy atom. The molecule has 96 valence electrons. The smallest absolute Gasteiger partial charge is 0.220 e. The zero-order chi connectivity index (χ0) is 12.6. The maximum absolute atomic E-state index is 11.5. The van der Waals surface area contributed by atoms with Gasteiger partial charge in [0.1, 0.15) is 0 Å². The molecule has 0 aliphatic rings. The summed E-state index contributed by atoms with van der Waals surface area (Å²) in [7, 11) is 0. The molecule has 0 saturated heterocycles. The minimum atomic E-state index is -0.109. The number of rotatable bonds is 7. The van der Waals surface area contributed by atoms with Crippen LogP contribution >= 0.6 is 11.8 Å². The molecule has 0 saturated carbocycles. The van der Waals surface area contributed by atoms with Gasteiger partial charge in [0.2, 0.25) is 5.91 Å². The molecule has 16 heavy (non-hydrogen) atoms. The van der Waals surface area contributed by atoms with Crippen LogP contribution < -0.4 is 5.32 Å². The van der Waals surface area contributed by atoms with Gasteiger partial charge in [0, 0.05) is 6.42 Å². The van der Waals surface area contributed by atoms with E-state index in [0.29, 0.717) is 6.42 Å². The molecule has 0 rings (SSSR count). The Labute approximate surface area is 103 Å². The minimum absolute atomic E-state index is 0.0194. The first-order chi connectivity index (χ1) is 7.39. The Morgan fingerprint density at radius 2 is 2.06 bits per heavy atom. The Morgan fingerprint density at radius 1 is 1.44 bits per heavy atom. The van der Waals surface area contributed by atoms with Gasteiger partial charge < -0.3 is 10.4 Å². The molecule has 1 amide bonds. The monoisotopic (exact) mass is 247 g/mol. The normalized spacial score (nSPS) is 13.6. The topological polar surface area (TPSA) is 49.3 Å². The molecule has 1 atom stereocenters. The lowest BCUT2D eigenvalue weighted by atomic mass is 9.88. The summed E-state index contributed by atoms with van der Waals surface area (Å²) in [4.78, 5) is 11.5. The zero-order valence-corrected chi connectivity index (χ0v) is 11.7. The highest BCUT2D eigenvalue weighted by molar-refractivity contribution is 7.98. The molecule has 2 N–H and O–H groups in total. The molecular weight excluding hydrogens is 222 g/mol. The zero-order valence-electron chi connectivity index (χ0n) is 10.9. The van der Waals surface area contributed by atoms with E-state index in [0.717, 1.165) is 18.6 Å². The first kappa shape index (κ1) is 15.8. The van der Waals surface area contributed by atoms with Crippen LogP contribution in [0.15, 0.2) is 0 Å². The van der Waals surface area contributed by atoms with Crippen molar-refractivity contribution in [2.75, 3.05) is 18.6 Å². The standard InChI is InChI=1S/C12H25NO2S/c1-12(2,3)8-10(9-14)13-11(15)6-5-7-16-4/h10,14H,5-9H2,1-4H3,(H,13,15). The summed E-state index contributed by atoms with van der Waals surface area (Å²) in [6.07, 6.45) is 4.30. The van der Waals surface area contributed by atoms with Crippen LogP contribution in [0.4, 0.5) is 0 Å². The lowest BCUT2D eigenvalue weighted by Gasteiger charge is -2.25. The van der Waals surface area contributed by atoms with Crippen LogP contribution in [-0.2, 0) is 4.79 Å². The molecule has 0 heterocycles. The van der Waals surface area contributed by atoms with E-state index in [2.05, 4.69) is 26.1 Å². The molecule has 0 aliphatic carbocycles. The molecule has 0 fully saturated rings. The predicted octanol–water partition coefficient (Wildman–Crippen LogP) is 2.04. The van der Waals surface area contributed by atoms with E-state index < -0.39 is 0 Å². The van der Waals surface area contributed by atoms with Gasteiger partial charge in [-0.2, -0.15) is 11.8 Å². The van der Waals surface area contributed by atoms with Crippen LogP contribution in [0.5, 0.6) is 0 Å². The summed E-state index contributed by atoms with van der Waals surface area (Å²) in [6, 6.07) is -0.109. The number of aliphatic hydroxyl groups excluding tert-OH is 1. The third kappa shape index (κ3) is 9.04. The molecule has 1 unspecified atom stereocenters. The van der Waals surface area contributed by atoms with Gasteiger partial charge in [-0.1, -0.05) is 20.8 Å². The number of nitrogens with one attached hydrogen (secondary N) is 1. The summed E-state index contributed by atoms with van der Waals surface area (Å²) in [5.74, 6) is 1.06. The van der Waals surface area contributed by atoms with Gasteiger partial charge in [0.05, 0.1) is 12.6 Å². The predicted molar refractivity (Wildman–Crippen MR) is 70.7 cm³/mol. The molecule has 0 bridgehead atoms. The molecular formula is C12H25NO2S. The Kier molecular flexibility index (Phi) is 7.85. The number of hydrogen-bond acceptors (Lipinski definition) is 3. The second-order valence-corrected chi connectivity index (χ2v) is 6.29. The Hall–Kier alpha value is -0.220. The largest absolute Gasteiger partial charge is 0.394 e. The highest BCUT2D eigenvalue weighted by atomic mass is 32.2. The number of amides is 1. The van der Waals surface area contributed by atoms with Crippen molar-refractivity contribution in [2.45, 2.75) is 46.1 Å². The molecule has 3 nitrogen and oxygen atoms in total. The number of aliphatic hydroxyl groups is 1. The van der Waals surface area contributed by atoms with Crippen molar-refractivity contribution in [3.63, 3.8) is 0 Å². The summed E-state index contributed by atoms with van der Waals surface area (Å²) >= 11 is 1.75. The van der Waals surface area contributed by atoms with E-state index >= 15 is 0 Å². The number of carbonyl (C=O) groups excluding carboxylic acids is 1. The first-order valence-electron chi connectivity index (χ1n) is 5.78. The summed E-state index contributed by atoms with van der Waals surface area (Å²) < 4.78 is 0. The maximum Gasteiger partial charge on any atom is 0.220 e. The van der Waals surface area contributed by atoms with E-state index in [1.54, 1.807) is 11.8 Å². The van der Waals surface area contributed by atoms with Crippen molar-refractivity contribution >= 4 is 17.7 Å². The van der Waals surface area contributed by atoms with Crippen LogP contribution in [0, 0.1) is 5.41 Å². The average molecular weight is 247 g/mol. The van der Waals surface area contributed by atoms with Gasteiger partial charge in [-0.3, -0.25) is 4.79 Å². The van der Waals surface area contributed by atoms with Crippen LogP contribution in [0.1, 0.15) is 40.0 Å². The fraction of sp³-hybridized carbons (Fsp3) is 0.917. The summed E-state index contributed by atoms with van der Waals surface area (Å²) in [6.45, 7) is 6.34. The van der Waals surface area contributed by atoms with E-state index in [-0.39, 0.29) is 24.0 Å². The molecule has 0 aromatic heterocycles. The van der Waals surface area contributed by atoms with Crippen LogP contribution in [0.3, 0.4) is 0 Å². The fourth-order valence-corrected chi connectivity index (χ4v) is 2.01. The molecule has 4 heteroatoms. The van der Waals surface area contributed by atoms with Gasteiger partial charge in [-0.05, 0) is 30.3 Å². The van der Waals surface area contributed by atoms with E-state index in [1.807, 2.05) is 6.26 Å². The third-order valence-corrected chi connectivity index (χ3v) is 2.89.